The van der Waals surface area contributed by atoms with E-state index in [1.807, 2.05) is 92.4 Å². The molecule has 2 fully saturated rings. The first-order valence-electron chi connectivity index (χ1n) is 16.4. The lowest BCUT2D eigenvalue weighted by Crippen LogP contribution is -2.56. The quantitative estimate of drug-likeness (QED) is 0.228. The average molecular weight is 654 g/mol. The molecular formula is C38H40ClN3O5. The number of anilines is 1. The zero-order valence-corrected chi connectivity index (χ0v) is 27.8. The average Bonchev–Trinajstić information content (AvgIpc) is 3.03. The van der Waals surface area contributed by atoms with Crippen molar-refractivity contribution in [3.63, 3.8) is 0 Å². The lowest BCUT2D eigenvalue weighted by molar-refractivity contribution is -0.129. The monoisotopic (exact) mass is 653 g/mol. The number of hydrogen-bond donors (Lipinski definition) is 1. The zero-order chi connectivity index (χ0) is 32.7. The third-order valence-corrected chi connectivity index (χ3v) is 9.45. The minimum Gasteiger partial charge on any atom is -0.478 e. The second kappa shape index (κ2) is 12.7. The third kappa shape index (κ3) is 6.62. The minimum absolute atomic E-state index is 0.0427. The van der Waals surface area contributed by atoms with Crippen LogP contribution in [0.25, 0.3) is 21.9 Å². The maximum Gasteiger partial charge on any atom is 0.410 e. The Morgan fingerprint density at radius 1 is 0.936 bits per heavy atom. The van der Waals surface area contributed by atoms with Gasteiger partial charge in [0.2, 0.25) is 0 Å². The number of nitrogens with one attached hydrogen (secondary N) is 1. The van der Waals surface area contributed by atoms with E-state index < -0.39 is 11.7 Å². The number of ether oxygens (including phenoxy) is 3. The molecule has 47 heavy (non-hydrogen) atoms. The lowest BCUT2D eigenvalue weighted by Gasteiger charge is -2.42. The van der Waals surface area contributed by atoms with Gasteiger partial charge in [0.15, 0.2) is 6.10 Å². The van der Waals surface area contributed by atoms with Gasteiger partial charge in [0.25, 0.3) is 5.91 Å². The van der Waals surface area contributed by atoms with E-state index in [0.717, 1.165) is 40.7 Å². The highest BCUT2D eigenvalue weighted by Crippen LogP contribution is 2.46. The van der Waals surface area contributed by atoms with Crippen LogP contribution in [0, 0.1) is 11.8 Å². The zero-order valence-electron chi connectivity index (χ0n) is 27.0. The van der Waals surface area contributed by atoms with Crippen molar-refractivity contribution in [2.24, 2.45) is 11.8 Å². The molecular weight excluding hydrogens is 614 g/mol. The predicted molar refractivity (Wildman–Crippen MR) is 185 cm³/mol. The highest BCUT2D eigenvalue weighted by Gasteiger charge is 2.43. The van der Waals surface area contributed by atoms with Crippen molar-refractivity contribution in [2.45, 2.75) is 45.3 Å². The van der Waals surface area contributed by atoms with E-state index in [2.05, 4.69) is 17.4 Å². The molecule has 3 aliphatic rings. The first-order valence-corrected chi connectivity index (χ1v) is 16.8. The van der Waals surface area contributed by atoms with Crippen molar-refractivity contribution < 1.29 is 23.8 Å². The molecule has 1 unspecified atom stereocenters. The lowest BCUT2D eigenvalue weighted by atomic mass is 9.88. The van der Waals surface area contributed by atoms with Gasteiger partial charge >= 0.3 is 6.09 Å². The number of amides is 2. The van der Waals surface area contributed by atoms with E-state index in [1.54, 1.807) is 4.90 Å². The van der Waals surface area contributed by atoms with Crippen molar-refractivity contribution in [3.8, 4) is 28.4 Å². The molecule has 3 heterocycles. The number of nitrogens with zero attached hydrogens (tertiary/aromatic N) is 2. The molecule has 0 saturated carbocycles. The number of carbonyl (C=O) groups is 2. The number of likely N-dealkylation sites (tertiary alicyclic amines) is 1. The van der Waals surface area contributed by atoms with E-state index in [0.29, 0.717) is 60.6 Å². The van der Waals surface area contributed by atoms with Crippen LogP contribution in [-0.2, 0) is 9.53 Å². The Labute approximate surface area is 280 Å². The Kier molecular flexibility index (Phi) is 8.49. The van der Waals surface area contributed by atoms with Crippen LogP contribution in [0.5, 0.6) is 17.2 Å². The SMILES string of the molecule is CC(C)(C)OC(=O)N1CCC(C2Oc3cc(-c4cc(Oc5ccccc5)cc5ccccc45)c(Cl)cc3N(CC3CNC3)C2=O)CC1. The maximum atomic E-state index is 14.1. The molecule has 0 spiro atoms. The molecule has 1 atom stereocenters. The summed E-state index contributed by atoms with van der Waals surface area (Å²) in [7, 11) is 0. The smallest absolute Gasteiger partial charge is 0.410 e. The molecule has 0 bridgehead atoms. The van der Waals surface area contributed by atoms with Gasteiger partial charge in [-0.25, -0.2) is 4.79 Å². The molecule has 0 radical (unpaired) electrons. The number of benzene rings is 4. The summed E-state index contributed by atoms with van der Waals surface area (Å²) < 4.78 is 18.5. The van der Waals surface area contributed by atoms with Crippen LogP contribution in [0.3, 0.4) is 0 Å². The van der Waals surface area contributed by atoms with Crippen LogP contribution in [0.15, 0.2) is 78.9 Å². The maximum absolute atomic E-state index is 14.1. The van der Waals surface area contributed by atoms with Gasteiger partial charge in [-0.1, -0.05) is 54.1 Å². The Hall–Kier alpha value is -4.27. The molecule has 9 heteroatoms. The van der Waals surface area contributed by atoms with Gasteiger partial charge in [-0.2, -0.15) is 0 Å². The molecule has 0 aromatic heterocycles. The van der Waals surface area contributed by atoms with E-state index in [-0.39, 0.29) is 17.9 Å². The molecule has 244 valence electrons. The number of para-hydroxylation sites is 1. The van der Waals surface area contributed by atoms with Crippen molar-refractivity contribution >= 4 is 40.1 Å². The van der Waals surface area contributed by atoms with E-state index in [1.165, 1.54) is 0 Å². The first kappa shape index (κ1) is 31.3. The molecule has 2 amide bonds. The molecule has 7 rings (SSSR count). The van der Waals surface area contributed by atoms with Crippen LogP contribution < -0.4 is 19.7 Å². The van der Waals surface area contributed by atoms with Gasteiger partial charge in [-0.15, -0.1) is 0 Å². The summed E-state index contributed by atoms with van der Waals surface area (Å²) in [6.45, 7) is 8.95. The second-order valence-electron chi connectivity index (χ2n) is 13.7. The van der Waals surface area contributed by atoms with Crippen molar-refractivity contribution in [2.75, 3.05) is 37.6 Å². The summed E-state index contributed by atoms with van der Waals surface area (Å²) in [4.78, 5) is 30.5. The number of hydrogen-bond acceptors (Lipinski definition) is 6. The fraction of sp³-hybridized carbons (Fsp3) is 0.368. The summed E-state index contributed by atoms with van der Waals surface area (Å²) in [5, 5.41) is 5.91. The Morgan fingerprint density at radius 2 is 1.66 bits per heavy atom. The van der Waals surface area contributed by atoms with Crippen LogP contribution in [0.2, 0.25) is 5.02 Å². The van der Waals surface area contributed by atoms with Crippen molar-refractivity contribution in [1.29, 1.82) is 0 Å². The number of halogens is 1. The number of carbonyl (C=O) groups excluding carboxylic acids is 2. The van der Waals surface area contributed by atoms with Crippen molar-refractivity contribution in [3.05, 3.63) is 83.9 Å². The van der Waals surface area contributed by atoms with Gasteiger partial charge in [0, 0.05) is 50.1 Å². The molecule has 8 nitrogen and oxygen atoms in total. The normalized spacial score (nSPS) is 18.8. The number of rotatable bonds is 6. The van der Waals surface area contributed by atoms with E-state index in [9.17, 15) is 9.59 Å². The molecule has 4 aromatic carbocycles. The van der Waals surface area contributed by atoms with E-state index >= 15 is 0 Å². The fourth-order valence-corrected chi connectivity index (χ4v) is 6.90. The number of fused-ring (bicyclic) bond motifs is 2. The fourth-order valence-electron chi connectivity index (χ4n) is 6.64. The van der Waals surface area contributed by atoms with Crippen LogP contribution in [-0.4, -0.2) is 61.3 Å². The van der Waals surface area contributed by atoms with Gasteiger partial charge in [-0.05, 0) is 86.3 Å². The third-order valence-electron chi connectivity index (χ3n) is 9.13. The molecule has 3 aliphatic heterocycles. The summed E-state index contributed by atoms with van der Waals surface area (Å²) in [5.41, 5.74) is 1.85. The summed E-state index contributed by atoms with van der Waals surface area (Å²) >= 11 is 7.09. The standard InChI is InChI=1S/C38H40ClN3O5/c1-38(2,3)47-37(44)41-15-13-25(14-16-41)35-36(43)42(23-24-21-40-22-24)33-20-32(39)31(19-34(33)46-35)30-18-28(45-27-10-5-4-6-11-27)17-26-9-7-8-12-29(26)30/h4-12,17-20,24-25,35,40H,13-16,21-23H2,1-3H3. The topological polar surface area (TPSA) is 80.3 Å². The predicted octanol–water partition coefficient (Wildman–Crippen LogP) is 7.91. The molecule has 1 N–H and O–H groups in total. The van der Waals surface area contributed by atoms with Crippen LogP contribution in [0.4, 0.5) is 10.5 Å². The summed E-state index contributed by atoms with van der Waals surface area (Å²) in [6.07, 6.45) is 0.317. The number of piperidine rings is 1. The Morgan fingerprint density at radius 3 is 2.36 bits per heavy atom. The van der Waals surface area contributed by atoms with Crippen LogP contribution in [0.1, 0.15) is 33.6 Å². The summed E-state index contributed by atoms with van der Waals surface area (Å²) in [6, 6.07) is 25.8. The highest BCUT2D eigenvalue weighted by atomic mass is 35.5. The minimum atomic E-state index is -0.658. The first-order chi connectivity index (χ1) is 22.6. The molecule has 2 saturated heterocycles. The van der Waals surface area contributed by atoms with Gasteiger partial charge in [-0.3, -0.25) is 4.79 Å². The van der Waals surface area contributed by atoms with E-state index in [4.69, 9.17) is 25.8 Å². The molecule has 4 aromatic rings. The van der Waals surface area contributed by atoms with Crippen LogP contribution >= 0.6 is 11.6 Å². The Balaban J connectivity index is 1.22. The summed E-state index contributed by atoms with van der Waals surface area (Å²) in [5.74, 6) is 2.34. The second-order valence-corrected chi connectivity index (χ2v) is 14.1. The van der Waals surface area contributed by atoms with Gasteiger partial charge in [0.05, 0.1) is 10.7 Å². The molecule has 0 aliphatic carbocycles. The Bertz CT molecular complexity index is 1790. The van der Waals surface area contributed by atoms with Gasteiger partial charge in [0.1, 0.15) is 22.8 Å². The van der Waals surface area contributed by atoms with Crippen molar-refractivity contribution in [1.82, 2.24) is 10.2 Å². The van der Waals surface area contributed by atoms with Gasteiger partial charge < -0.3 is 29.3 Å². The largest absolute Gasteiger partial charge is 0.478 e. The highest BCUT2D eigenvalue weighted by molar-refractivity contribution is 6.34.